The highest BCUT2D eigenvalue weighted by atomic mass is 16.4. The van der Waals surface area contributed by atoms with Gasteiger partial charge in [0.25, 0.3) is 6.01 Å². The molecule has 1 aromatic carbocycles. The van der Waals surface area contributed by atoms with Gasteiger partial charge in [-0.3, -0.25) is 9.69 Å². The van der Waals surface area contributed by atoms with Gasteiger partial charge in [-0.15, -0.1) is 0 Å². The predicted octanol–water partition coefficient (Wildman–Crippen LogP) is 1.96. The Morgan fingerprint density at radius 3 is 2.79 bits per heavy atom. The van der Waals surface area contributed by atoms with E-state index in [4.69, 9.17) is 9.52 Å². The van der Waals surface area contributed by atoms with Gasteiger partial charge < -0.3 is 19.3 Å². The minimum absolute atomic E-state index is 0.0208. The molecule has 4 rings (SSSR count). The third kappa shape index (κ3) is 4.00. The number of aliphatic hydroxyl groups is 1. The van der Waals surface area contributed by atoms with Crippen molar-refractivity contribution in [3.05, 3.63) is 24.3 Å². The van der Waals surface area contributed by atoms with E-state index in [1.54, 1.807) is 11.9 Å². The summed E-state index contributed by atoms with van der Waals surface area (Å²) >= 11 is 0. The van der Waals surface area contributed by atoms with Gasteiger partial charge in [0.1, 0.15) is 5.52 Å². The molecule has 28 heavy (non-hydrogen) atoms. The molecule has 0 radical (unpaired) electrons. The van der Waals surface area contributed by atoms with Gasteiger partial charge in [-0.2, -0.15) is 4.98 Å². The number of rotatable bonds is 5. The number of hydrogen-bond acceptors (Lipinski definition) is 6. The topological polar surface area (TPSA) is 73.1 Å². The summed E-state index contributed by atoms with van der Waals surface area (Å²) in [4.78, 5) is 23.6. The molecule has 2 saturated heterocycles. The molecule has 1 aromatic heterocycles. The Bertz CT molecular complexity index is 767. The van der Waals surface area contributed by atoms with Crippen molar-refractivity contribution in [3.63, 3.8) is 0 Å². The van der Waals surface area contributed by atoms with Crippen molar-refractivity contribution in [2.24, 2.45) is 5.92 Å². The molecule has 152 valence electrons. The van der Waals surface area contributed by atoms with Gasteiger partial charge >= 0.3 is 0 Å². The Balaban J connectivity index is 1.33. The third-order valence-electron chi connectivity index (χ3n) is 6.15. The smallest absolute Gasteiger partial charge is 0.298 e. The van der Waals surface area contributed by atoms with Gasteiger partial charge in [-0.05, 0) is 44.4 Å². The number of fused-ring (bicyclic) bond motifs is 1. The van der Waals surface area contributed by atoms with Crippen LogP contribution in [-0.2, 0) is 4.79 Å². The molecular weight excluding hydrogens is 356 g/mol. The van der Waals surface area contributed by atoms with Crippen LogP contribution in [0.3, 0.4) is 0 Å². The van der Waals surface area contributed by atoms with Crippen LogP contribution in [0.5, 0.6) is 0 Å². The van der Waals surface area contributed by atoms with E-state index in [0.29, 0.717) is 12.6 Å². The molecule has 1 unspecified atom stereocenters. The zero-order valence-corrected chi connectivity index (χ0v) is 16.6. The number of aromatic nitrogens is 1. The number of oxazole rings is 1. The first-order valence-corrected chi connectivity index (χ1v) is 10.4. The number of carbonyl (C=O) groups excluding carboxylic acids is 1. The molecule has 7 heteroatoms. The van der Waals surface area contributed by atoms with Crippen LogP contribution in [0.2, 0.25) is 0 Å². The summed E-state index contributed by atoms with van der Waals surface area (Å²) in [6, 6.07) is 9.12. The molecule has 7 nitrogen and oxygen atoms in total. The van der Waals surface area contributed by atoms with E-state index in [2.05, 4.69) is 14.8 Å². The summed E-state index contributed by atoms with van der Waals surface area (Å²) in [5.74, 6) is 0.225. The van der Waals surface area contributed by atoms with Crippen LogP contribution in [0.1, 0.15) is 25.7 Å². The Kier molecular flexibility index (Phi) is 5.82. The van der Waals surface area contributed by atoms with Crippen molar-refractivity contribution in [3.8, 4) is 0 Å². The summed E-state index contributed by atoms with van der Waals surface area (Å²) in [5, 5.41) is 9.08. The second-order valence-electron chi connectivity index (χ2n) is 8.00. The number of anilines is 1. The van der Waals surface area contributed by atoms with Crippen LogP contribution in [0, 0.1) is 5.92 Å². The fraction of sp³-hybridized carbons (Fsp3) is 0.619. The van der Waals surface area contributed by atoms with E-state index in [0.717, 1.165) is 69.0 Å². The van der Waals surface area contributed by atoms with Crippen LogP contribution >= 0.6 is 0 Å². The number of likely N-dealkylation sites (tertiary alicyclic amines) is 1. The van der Waals surface area contributed by atoms with Gasteiger partial charge in [0.15, 0.2) is 5.58 Å². The lowest BCUT2D eigenvalue weighted by Gasteiger charge is -2.42. The third-order valence-corrected chi connectivity index (χ3v) is 6.15. The average Bonchev–Trinajstić information content (AvgIpc) is 3.18. The van der Waals surface area contributed by atoms with E-state index < -0.39 is 0 Å². The molecular formula is C21H30N4O3. The minimum atomic E-state index is 0.0208. The van der Waals surface area contributed by atoms with Gasteiger partial charge in [0.2, 0.25) is 5.91 Å². The van der Waals surface area contributed by atoms with E-state index in [-0.39, 0.29) is 18.4 Å². The number of piperidine rings is 2. The molecule has 1 amide bonds. The van der Waals surface area contributed by atoms with Gasteiger partial charge in [-0.25, -0.2) is 0 Å². The number of hydrogen-bond donors (Lipinski definition) is 1. The van der Waals surface area contributed by atoms with Crippen LogP contribution in [-0.4, -0.2) is 78.2 Å². The summed E-state index contributed by atoms with van der Waals surface area (Å²) in [7, 11) is 1.79. The van der Waals surface area contributed by atoms with Crippen LogP contribution in [0.4, 0.5) is 6.01 Å². The number of likely N-dealkylation sites (N-methyl/N-ethyl adjacent to an activating group) is 1. The van der Waals surface area contributed by atoms with Crippen LogP contribution in [0.15, 0.2) is 28.7 Å². The molecule has 0 bridgehead atoms. The van der Waals surface area contributed by atoms with E-state index >= 15 is 0 Å². The maximum absolute atomic E-state index is 12.6. The second-order valence-corrected chi connectivity index (χ2v) is 8.00. The van der Waals surface area contributed by atoms with Crippen molar-refractivity contribution in [1.29, 1.82) is 0 Å². The van der Waals surface area contributed by atoms with Crippen molar-refractivity contribution < 1.29 is 14.3 Å². The molecule has 3 heterocycles. The largest absolute Gasteiger partial charge is 0.423 e. The zero-order chi connectivity index (χ0) is 19.5. The summed E-state index contributed by atoms with van der Waals surface area (Å²) in [6.45, 7) is 4.20. The molecule has 2 fully saturated rings. The number of carbonyl (C=O) groups is 1. The SMILES string of the molecule is CN(CCO)C(=O)C1CCCN(C2CCN(c3nc4ccccc4o3)CC2)C1. The average molecular weight is 386 g/mol. The molecule has 1 atom stereocenters. The number of nitrogens with zero attached hydrogens (tertiary/aromatic N) is 4. The van der Waals surface area contributed by atoms with Crippen molar-refractivity contribution in [2.45, 2.75) is 31.7 Å². The normalized spacial score (nSPS) is 21.9. The van der Waals surface area contributed by atoms with E-state index in [9.17, 15) is 4.79 Å². The fourth-order valence-electron chi connectivity index (χ4n) is 4.53. The highest BCUT2D eigenvalue weighted by Gasteiger charge is 2.33. The van der Waals surface area contributed by atoms with E-state index in [1.165, 1.54) is 0 Å². The highest BCUT2D eigenvalue weighted by Crippen LogP contribution is 2.28. The minimum Gasteiger partial charge on any atom is -0.423 e. The van der Waals surface area contributed by atoms with Crippen LogP contribution in [0.25, 0.3) is 11.1 Å². The number of amides is 1. The molecule has 0 saturated carbocycles. The Hall–Kier alpha value is -2.12. The Morgan fingerprint density at radius 2 is 2.04 bits per heavy atom. The quantitative estimate of drug-likeness (QED) is 0.847. The van der Waals surface area contributed by atoms with Gasteiger partial charge in [0.05, 0.1) is 12.5 Å². The van der Waals surface area contributed by atoms with Crippen molar-refractivity contribution >= 4 is 23.0 Å². The van der Waals surface area contributed by atoms with Gasteiger partial charge in [0, 0.05) is 39.3 Å². The van der Waals surface area contributed by atoms with Gasteiger partial charge in [-0.1, -0.05) is 12.1 Å². The Morgan fingerprint density at radius 1 is 1.25 bits per heavy atom. The molecule has 1 N–H and O–H groups in total. The number of para-hydroxylation sites is 2. The maximum atomic E-state index is 12.6. The molecule has 2 aliphatic heterocycles. The lowest BCUT2D eigenvalue weighted by molar-refractivity contribution is -0.136. The first kappa shape index (κ1) is 19.2. The highest BCUT2D eigenvalue weighted by molar-refractivity contribution is 5.79. The zero-order valence-electron chi connectivity index (χ0n) is 16.6. The molecule has 2 aliphatic rings. The van der Waals surface area contributed by atoms with Crippen molar-refractivity contribution in [2.75, 3.05) is 51.3 Å². The van der Waals surface area contributed by atoms with Crippen molar-refractivity contribution in [1.82, 2.24) is 14.8 Å². The Labute approximate surface area is 165 Å². The number of aliphatic hydroxyl groups excluding tert-OH is 1. The first-order valence-electron chi connectivity index (χ1n) is 10.4. The predicted molar refractivity (Wildman–Crippen MR) is 108 cm³/mol. The monoisotopic (exact) mass is 386 g/mol. The number of benzene rings is 1. The summed E-state index contributed by atoms with van der Waals surface area (Å²) in [6.07, 6.45) is 4.14. The molecule has 2 aromatic rings. The summed E-state index contributed by atoms with van der Waals surface area (Å²) in [5.41, 5.74) is 1.74. The second kappa shape index (κ2) is 8.49. The lowest BCUT2D eigenvalue weighted by atomic mass is 9.93. The summed E-state index contributed by atoms with van der Waals surface area (Å²) < 4.78 is 5.92. The molecule has 0 aliphatic carbocycles. The van der Waals surface area contributed by atoms with E-state index in [1.807, 2.05) is 24.3 Å². The molecule has 0 spiro atoms. The maximum Gasteiger partial charge on any atom is 0.298 e. The standard InChI is InChI=1S/C21H30N4O3/c1-23(13-14-26)20(27)16-5-4-10-25(15-16)17-8-11-24(12-9-17)21-22-18-6-2-3-7-19(18)28-21/h2-3,6-7,16-17,26H,4-5,8-15H2,1H3. The fourth-order valence-corrected chi connectivity index (χ4v) is 4.53. The first-order chi connectivity index (χ1) is 13.7. The lowest BCUT2D eigenvalue weighted by Crippen LogP contribution is -2.51. The van der Waals surface area contributed by atoms with Crippen LogP contribution < -0.4 is 4.90 Å².